The highest BCUT2D eigenvalue weighted by molar-refractivity contribution is 6.02. The summed E-state index contributed by atoms with van der Waals surface area (Å²) in [7, 11) is 0. The van der Waals surface area contributed by atoms with Gasteiger partial charge in [-0.15, -0.1) is 0 Å². The first-order chi connectivity index (χ1) is 10.6. The topological polar surface area (TPSA) is 37.3 Å². The summed E-state index contributed by atoms with van der Waals surface area (Å²) in [6.07, 6.45) is 2.40. The molecule has 2 heteroatoms. The summed E-state index contributed by atoms with van der Waals surface area (Å²) in [6, 6.07) is 17.9. The fourth-order valence-corrected chi connectivity index (χ4v) is 3.36. The van der Waals surface area contributed by atoms with E-state index < -0.39 is 11.5 Å². The Labute approximate surface area is 131 Å². The van der Waals surface area contributed by atoms with Gasteiger partial charge in [0.25, 0.3) is 0 Å². The lowest BCUT2D eigenvalue weighted by Gasteiger charge is -2.37. The van der Waals surface area contributed by atoms with Gasteiger partial charge in [-0.25, -0.2) is 0 Å². The number of aliphatic hydroxyl groups excluding tert-OH is 1. The highest BCUT2D eigenvalue weighted by Gasteiger charge is 2.43. The van der Waals surface area contributed by atoms with Crippen LogP contribution in [0.2, 0.25) is 0 Å². The number of aryl methyl sites for hydroxylation is 2. The van der Waals surface area contributed by atoms with Gasteiger partial charge in [-0.05, 0) is 43.7 Å². The van der Waals surface area contributed by atoms with Gasteiger partial charge < -0.3 is 5.11 Å². The number of carbonyl (C=O) groups excluding carboxylic acids is 1. The second-order valence-electron chi connectivity index (χ2n) is 6.44. The molecule has 0 saturated heterocycles. The quantitative estimate of drug-likeness (QED) is 0.931. The van der Waals surface area contributed by atoms with Gasteiger partial charge in [0.15, 0.2) is 5.78 Å². The average Bonchev–Trinajstić information content (AvgIpc) is 2.57. The molecule has 0 spiro atoms. The molecule has 22 heavy (non-hydrogen) atoms. The maximum Gasteiger partial charge on any atom is 0.171 e. The number of benzene rings is 2. The molecule has 0 bridgehead atoms. The van der Waals surface area contributed by atoms with Crippen molar-refractivity contribution < 1.29 is 9.90 Å². The fourth-order valence-electron chi connectivity index (χ4n) is 3.36. The van der Waals surface area contributed by atoms with Crippen LogP contribution < -0.4 is 0 Å². The monoisotopic (exact) mass is 294 g/mol. The first-order valence-electron chi connectivity index (χ1n) is 7.96. The van der Waals surface area contributed by atoms with Crippen molar-refractivity contribution in [3.63, 3.8) is 0 Å². The molecule has 0 aliphatic heterocycles. The van der Waals surface area contributed by atoms with E-state index in [0.29, 0.717) is 6.42 Å². The van der Waals surface area contributed by atoms with Crippen molar-refractivity contribution in [1.82, 2.24) is 0 Å². The molecule has 0 saturated carbocycles. The van der Waals surface area contributed by atoms with Gasteiger partial charge in [0, 0.05) is 5.56 Å². The van der Waals surface area contributed by atoms with Crippen LogP contribution in [0.3, 0.4) is 0 Å². The zero-order valence-corrected chi connectivity index (χ0v) is 13.0. The molecule has 1 aliphatic carbocycles. The molecule has 2 atom stereocenters. The predicted molar refractivity (Wildman–Crippen MR) is 88.0 cm³/mol. The third-order valence-electron chi connectivity index (χ3n) is 4.98. The lowest BCUT2D eigenvalue weighted by molar-refractivity contribution is 0.0220. The maximum atomic E-state index is 12.8. The SMILES string of the molecule is C[C@@]1([C@H](O)CCc2ccccc2)CCc2ccccc2C1=O. The Balaban J connectivity index is 1.74. The Morgan fingerprint density at radius 2 is 1.77 bits per heavy atom. The van der Waals surface area contributed by atoms with E-state index in [1.807, 2.05) is 49.4 Å². The summed E-state index contributed by atoms with van der Waals surface area (Å²) in [5.41, 5.74) is 2.44. The zero-order chi connectivity index (χ0) is 15.6. The van der Waals surface area contributed by atoms with Gasteiger partial charge in [-0.3, -0.25) is 4.79 Å². The minimum absolute atomic E-state index is 0.0925. The van der Waals surface area contributed by atoms with Gasteiger partial charge >= 0.3 is 0 Å². The van der Waals surface area contributed by atoms with Gasteiger partial charge in [-0.2, -0.15) is 0 Å². The summed E-state index contributed by atoms with van der Waals surface area (Å²) in [4.78, 5) is 12.8. The third-order valence-corrected chi connectivity index (χ3v) is 4.98. The summed E-state index contributed by atoms with van der Waals surface area (Å²) in [5.74, 6) is 0.0925. The lowest BCUT2D eigenvalue weighted by atomic mass is 9.67. The van der Waals surface area contributed by atoms with Crippen molar-refractivity contribution in [3.8, 4) is 0 Å². The average molecular weight is 294 g/mol. The molecular formula is C20H22O2. The van der Waals surface area contributed by atoms with Crippen LogP contribution in [0, 0.1) is 5.41 Å². The van der Waals surface area contributed by atoms with E-state index in [2.05, 4.69) is 12.1 Å². The predicted octanol–water partition coefficient (Wildman–Crippen LogP) is 3.82. The first kappa shape index (κ1) is 15.0. The molecule has 3 rings (SSSR count). The van der Waals surface area contributed by atoms with Crippen LogP contribution in [0.1, 0.15) is 41.3 Å². The van der Waals surface area contributed by atoms with Crippen LogP contribution in [-0.2, 0) is 12.8 Å². The molecule has 0 aromatic heterocycles. The Morgan fingerprint density at radius 1 is 1.09 bits per heavy atom. The smallest absolute Gasteiger partial charge is 0.171 e. The van der Waals surface area contributed by atoms with Crippen molar-refractivity contribution in [3.05, 3.63) is 71.3 Å². The Bertz CT molecular complexity index is 662. The summed E-state index contributed by atoms with van der Waals surface area (Å²) < 4.78 is 0. The number of aliphatic hydroxyl groups is 1. The molecule has 0 unspecified atom stereocenters. The van der Waals surface area contributed by atoms with E-state index in [4.69, 9.17) is 0 Å². The van der Waals surface area contributed by atoms with Gasteiger partial charge in [0.05, 0.1) is 11.5 Å². The second-order valence-corrected chi connectivity index (χ2v) is 6.44. The molecule has 1 N–H and O–H groups in total. The Kier molecular flexibility index (Phi) is 4.12. The Hall–Kier alpha value is -1.93. The van der Waals surface area contributed by atoms with E-state index in [9.17, 15) is 9.90 Å². The van der Waals surface area contributed by atoms with Crippen LogP contribution in [0.15, 0.2) is 54.6 Å². The molecule has 114 valence electrons. The van der Waals surface area contributed by atoms with Crippen molar-refractivity contribution >= 4 is 5.78 Å². The molecule has 0 heterocycles. The van der Waals surface area contributed by atoms with Crippen LogP contribution in [0.25, 0.3) is 0 Å². The van der Waals surface area contributed by atoms with Crippen LogP contribution >= 0.6 is 0 Å². The van der Waals surface area contributed by atoms with Crippen molar-refractivity contribution in [1.29, 1.82) is 0 Å². The van der Waals surface area contributed by atoms with Crippen LogP contribution in [0.4, 0.5) is 0 Å². The molecule has 0 fully saturated rings. The number of hydrogen-bond acceptors (Lipinski definition) is 2. The highest BCUT2D eigenvalue weighted by atomic mass is 16.3. The summed E-state index contributed by atoms with van der Waals surface area (Å²) in [6.45, 7) is 1.92. The second kappa shape index (κ2) is 6.05. The number of fused-ring (bicyclic) bond motifs is 1. The minimum Gasteiger partial charge on any atom is -0.392 e. The Morgan fingerprint density at radius 3 is 2.55 bits per heavy atom. The maximum absolute atomic E-state index is 12.8. The van der Waals surface area contributed by atoms with E-state index in [-0.39, 0.29) is 5.78 Å². The molecular weight excluding hydrogens is 272 g/mol. The largest absolute Gasteiger partial charge is 0.392 e. The van der Waals surface area contributed by atoms with E-state index >= 15 is 0 Å². The molecule has 2 aromatic rings. The van der Waals surface area contributed by atoms with Crippen molar-refractivity contribution in [2.24, 2.45) is 5.41 Å². The van der Waals surface area contributed by atoms with E-state index in [1.165, 1.54) is 5.56 Å². The number of rotatable bonds is 4. The molecule has 2 aromatic carbocycles. The van der Waals surface area contributed by atoms with E-state index in [0.717, 1.165) is 30.4 Å². The first-order valence-corrected chi connectivity index (χ1v) is 7.96. The molecule has 2 nitrogen and oxygen atoms in total. The summed E-state index contributed by atoms with van der Waals surface area (Å²) in [5, 5.41) is 10.7. The van der Waals surface area contributed by atoms with Gasteiger partial charge in [-0.1, -0.05) is 54.6 Å². The molecule has 0 amide bonds. The highest BCUT2D eigenvalue weighted by Crippen LogP contribution is 2.39. The van der Waals surface area contributed by atoms with E-state index in [1.54, 1.807) is 0 Å². The number of ketones is 1. The molecule has 0 radical (unpaired) electrons. The van der Waals surface area contributed by atoms with Gasteiger partial charge in [0.1, 0.15) is 0 Å². The third kappa shape index (κ3) is 2.71. The lowest BCUT2D eigenvalue weighted by Crippen LogP contribution is -2.43. The molecule has 1 aliphatic rings. The van der Waals surface area contributed by atoms with Crippen molar-refractivity contribution in [2.75, 3.05) is 0 Å². The van der Waals surface area contributed by atoms with Crippen molar-refractivity contribution in [2.45, 2.75) is 38.7 Å². The number of carbonyl (C=O) groups is 1. The van der Waals surface area contributed by atoms with Crippen LogP contribution in [-0.4, -0.2) is 17.0 Å². The fraction of sp³-hybridized carbons (Fsp3) is 0.350. The normalized spacial score (nSPS) is 22.2. The minimum atomic E-state index is -0.664. The zero-order valence-electron chi connectivity index (χ0n) is 13.0. The summed E-state index contributed by atoms with van der Waals surface area (Å²) >= 11 is 0. The van der Waals surface area contributed by atoms with Crippen LogP contribution in [0.5, 0.6) is 0 Å². The van der Waals surface area contributed by atoms with Gasteiger partial charge in [0.2, 0.25) is 0 Å². The number of Topliss-reactive ketones (excluding diaryl/α,β-unsaturated/α-hetero) is 1. The number of hydrogen-bond donors (Lipinski definition) is 1. The standard InChI is InChI=1S/C20H22O2/c1-20(18(21)12-11-15-7-3-2-4-8-15)14-13-16-9-5-6-10-17(16)19(20)22/h2-10,18,21H,11-14H2,1H3/t18-,20+/m1/s1.